The van der Waals surface area contributed by atoms with Crippen LogP contribution in [0.25, 0.3) is 10.6 Å². The molecule has 0 fully saturated rings. The van der Waals surface area contributed by atoms with Gasteiger partial charge in [0.2, 0.25) is 0 Å². The smallest absolute Gasteiger partial charge is 0.193 e. The molecule has 0 atom stereocenters. The largest absolute Gasteiger partial charge is 0.380 e. The molecule has 0 radical (unpaired) electrons. The molecule has 0 aliphatic carbocycles. The van der Waals surface area contributed by atoms with Gasteiger partial charge in [0.1, 0.15) is 5.01 Å². The van der Waals surface area contributed by atoms with Gasteiger partial charge in [-0.05, 0) is 6.07 Å². The first-order valence-corrected chi connectivity index (χ1v) is 9.28. The van der Waals surface area contributed by atoms with E-state index in [1.165, 1.54) is 0 Å². The summed E-state index contributed by atoms with van der Waals surface area (Å²) in [5, 5.41) is 6.25. The van der Waals surface area contributed by atoms with Crippen LogP contribution in [0.4, 0.5) is 5.69 Å². The highest BCUT2D eigenvalue weighted by Gasteiger charge is 2.05. The zero-order chi connectivity index (χ0) is 18.2. The summed E-state index contributed by atoms with van der Waals surface area (Å²) in [5.74, 6) is 0.395. The average molecular weight is 494 g/mol. The Bertz CT molecular complexity index is 867. The van der Waals surface area contributed by atoms with Crippen molar-refractivity contribution in [3.05, 3.63) is 71.2 Å². The maximum Gasteiger partial charge on any atom is 0.193 e. The Kier molecular flexibility index (Phi) is 8.70. The Labute approximate surface area is 180 Å². The maximum absolute atomic E-state index is 6.01. The van der Waals surface area contributed by atoms with Crippen LogP contribution < -0.4 is 11.1 Å². The molecular formula is C20H23IN4OS. The van der Waals surface area contributed by atoms with E-state index in [9.17, 15) is 0 Å². The van der Waals surface area contributed by atoms with Crippen molar-refractivity contribution in [2.45, 2.75) is 13.0 Å². The Morgan fingerprint density at radius 3 is 2.67 bits per heavy atom. The van der Waals surface area contributed by atoms with Gasteiger partial charge in [0, 0.05) is 42.3 Å². The molecule has 0 unspecified atom stereocenters. The highest BCUT2D eigenvalue weighted by atomic mass is 127. The number of halogens is 1. The number of benzene rings is 2. The number of methoxy groups -OCH3 is 1. The normalized spacial score (nSPS) is 11.1. The monoisotopic (exact) mass is 494 g/mol. The number of anilines is 1. The lowest BCUT2D eigenvalue weighted by atomic mass is 10.2. The molecular weight excluding hydrogens is 471 g/mol. The predicted octanol–water partition coefficient (Wildman–Crippen LogP) is 4.54. The SMILES string of the molecule is COCc1ccccc1NC(N)=NCCc1csc(-c2ccccc2)n1.I. The molecule has 0 bridgehead atoms. The van der Waals surface area contributed by atoms with E-state index in [0.29, 0.717) is 19.1 Å². The van der Waals surface area contributed by atoms with E-state index < -0.39 is 0 Å². The minimum atomic E-state index is 0. The Balaban J connectivity index is 0.00000261. The van der Waals surface area contributed by atoms with Crippen molar-refractivity contribution in [2.75, 3.05) is 19.0 Å². The number of thiazole rings is 1. The van der Waals surface area contributed by atoms with E-state index in [2.05, 4.69) is 32.8 Å². The summed E-state index contributed by atoms with van der Waals surface area (Å²) in [6, 6.07) is 18.1. The fourth-order valence-electron chi connectivity index (χ4n) is 2.53. The van der Waals surface area contributed by atoms with Gasteiger partial charge in [-0.1, -0.05) is 48.5 Å². The number of guanidine groups is 1. The molecule has 1 heterocycles. The number of aliphatic imine (C=N–C) groups is 1. The van der Waals surface area contributed by atoms with Gasteiger partial charge in [-0.3, -0.25) is 4.99 Å². The maximum atomic E-state index is 6.01. The van der Waals surface area contributed by atoms with Gasteiger partial charge in [-0.15, -0.1) is 35.3 Å². The van der Waals surface area contributed by atoms with Crippen LogP contribution in [0.15, 0.2) is 65.0 Å². The van der Waals surface area contributed by atoms with Gasteiger partial charge >= 0.3 is 0 Å². The third kappa shape index (κ3) is 6.30. The highest BCUT2D eigenvalue weighted by molar-refractivity contribution is 14.0. The van der Waals surface area contributed by atoms with Crippen molar-refractivity contribution in [3.63, 3.8) is 0 Å². The van der Waals surface area contributed by atoms with Crippen LogP contribution in [0.5, 0.6) is 0 Å². The van der Waals surface area contributed by atoms with Crippen LogP contribution in [0, 0.1) is 0 Å². The van der Waals surface area contributed by atoms with Crippen LogP contribution in [-0.4, -0.2) is 24.6 Å². The number of aromatic nitrogens is 1. The molecule has 2 aromatic carbocycles. The molecule has 27 heavy (non-hydrogen) atoms. The summed E-state index contributed by atoms with van der Waals surface area (Å²) in [6.45, 7) is 1.11. The number of hydrogen-bond acceptors (Lipinski definition) is 4. The second-order valence-electron chi connectivity index (χ2n) is 5.74. The first-order valence-electron chi connectivity index (χ1n) is 8.40. The molecule has 0 aliphatic heterocycles. The number of nitrogens with two attached hydrogens (primary N) is 1. The lowest BCUT2D eigenvalue weighted by molar-refractivity contribution is 0.185. The number of rotatable bonds is 7. The molecule has 0 spiro atoms. The quantitative estimate of drug-likeness (QED) is 0.287. The third-order valence-corrected chi connectivity index (χ3v) is 4.74. The van der Waals surface area contributed by atoms with Crippen LogP contribution in [0.2, 0.25) is 0 Å². The van der Waals surface area contributed by atoms with E-state index in [1.807, 2.05) is 42.5 Å². The molecule has 7 heteroatoms. The average Bonchev–Trinajstić information content (AvgIpc) is 3.13. The Hall–Kier alpha value is -1.97. The molecule has 5 nitrogen and oxygen atoms in total. The molecule has 0 aliphatic rings. The number of ether oxygens (including phenoxy) is 1. The predicted molar refractivity (Wildman–Crippen MR) is 124 cm³/mol. The van der Waals surface area contributed by atoms with Crippen molar-refractivity contribution in [1.82, 2.24) is 4.98 Å². The second-order valence-corrected chi connectivity index (χ2v) is 6.60. The summed E-state index contributed by atoms with van der Waals surface area (Å²) >= 11 is 1.65. The van der Waals surface area contributed by atoms with Crippen molar-refractivity contribution in [1.29, 1.82) is 0 Å². The van der Waals surface area contributed by atoms with Gasteiger partial charge in [-0.2, -0.15) is 0 Å². The number of hydrogen-bond donors (Lipinski definition) is 2. The van der Waals surface area contributed by atoms with Crippen molar-refractivity contribution >= 4 is 47.0 Å². The zero-order valence-electron chi connectivity index (χ0n) is 15.1. The number of nitrogens with one attached hydrogen (secondary N) is 1. The second kappa shape index (κ2) is 11.0. The molecule has 0 saturated carbocycles. The van der Waals surface area contributed by atoms with E-state index in [-0.39, 0.29) is 24.0 Å². The number of nitrogens with zero attached hydrogens (tertiary/aromatic N) is 2. The molecule has 142 valence electrons. The first-order chi connectivity index (χ1) is 12.8. The first kappa shape index (κ1) is 21.3. The van der Waals surface area contributed by atoms with Crippen molar-refractivity contribution in [2.24, 2.45) is 10.7 Å². The van der Waals surface area contributed by atoms with E-state index in [4.69, 9.17) is 10.5 Å². The number of para-hydroxylation sites is 1. The highest BCUT2D eigenvalue weighted by Crippen LogP contribution is 2.23. The zero-order valence-corrected chi connectivity index (χ0v) is 18.2. The summed E-state index contributed by atoms with van der Waals surface area (Å²) in [4.78, 5) is 9.08. The Morgan fingerprint density at radius 1 is 1.15 bits per heavy atom. The molecule has 0 saturated heterocycles. The van der Waals surface area contributed by atoms with Gasteiger partial charge in [0.25, 0.3) is 0 Å². The van der Waals surface area contributed by atoms with Gasteiger partial charge in [0.05, 0.1) is 12.3 Å². The standard InChI is InChI=1S/C20H22N4OS.HI/c1-25-13-16-9-5-6-10-18(16)24-20(21)22-12-11-17-14-26-19(23-17)15-7-3-2-4-8-15;/h2-10,14H,11-13H2,1H3,(H3,21,22,24);1H. The summed E-state index contributed by atoms with van der Waals surface area (Å²) < 4.78 is 5.20. The third-order valence-electron chi connectivity index (χ3n) is 3.80. The van der Waals surface area contributed by atoms with Crippen LogP contribution in [0.3, 0.4) is 0 Å². The minimum Gasteiger partial charge on any atom is -0.380 e. The van der Waals surface area contributed by atoms with Crippen LogP contribution in [-0.2, 0) is 17.8 Å². The van der Waals surface area contributed by atoms with Crippen molar-refractivity contribution < 1.29 is 4.74 Å². The van der Waals surface area contributed by atoms with Crippen molar-refractivity contribution in [3.8, 4) is 10.6 Å². The van der Waals surface area contributed by atoms with E-state index in [0.717, 1.165) is 33.9 Å². The van der Waals surface area contributed by atoms with E-state index in [1.54, 1.807) is 18.4 Å². The minimum absolute atomic E-state index is 0. The summed E-state index contributed by atoms with van der Waals surface area (Å²) in [6.07, 6.45) is 0.755. The fraction of sp³-hybridized carbons (Fsp3) is 0.200. The molecule has 0 amide bonds. The molecule has 3 rings (SSSR count). The summed E-state index contributed by atoms with van der Waals surface area (Å²) in [7, 11) is 1.67. The topological polar surface area (TPSA) is 72.5 Å². The lowest BCUT2D eigenvalue weighted by Crippen LogP contribution is -2.23. The van der Waals surface area contributed by atoms with Gasteiger partial charge in [0.15, 0.2) is 5.96 Å². The van der Waals surface area contributed by atoms with Crippen LogP contribution in [0.1, 0.15) is 11.3 Å². The lowest BCUT2D eigenvalue weighted by Gasteiger charge is -2.10. The van der Waals surface area contributed by atoms with E-state index >= 15 is 0 Å². The van der Waals surface area contributed by atoms with Crippen LogP contribution >= 0.6 is 35.3 Å². The van der Waals surface area contributed by atoms with Gasteiger partial charge in [-0.25, -0.2) is 4.98 Å². The Morgan fingerprint density at radius 2 is 1.89 bits per heavy atom. The fourth-order valence-corrected chi connectivity index (χ4v) is 3.39. The molecule has 3 aromatic rings. The van der Waals surface area contributed by atoms with Gasteiger partial charge < -0.3 is 15.8 Å². The molecule has 1 aromatic heterocycles. The summed E-state index contributed by atoms with van der Waals surface area (Å²) in [5.41, 5.74) is 10.1. The molecule has 3 N–H and O–H groups in total.